The van der Waals surface area contributed by atoms with Gasteiger partial charge in [0.1, 0.15) is 0 Å². The normalized spacial score (nSPS) is 10.4. The maximum atomic E-state index is 6.09. The van der Waals surface area contributed by atoms with Gasteiger partial charge in [0, 0.05) is 0 Å². The van der Waals surface area contributed by atoms with E-state index in [0.29, 0.717) is 0 Å². The Kier molecular flexibility index (Phi) is 4.11. The van der Waals surface area contributed by atoms with Gasteiger partial charge in [-0.3, -0.25) is 0 Å². The molecule has 16 heavy (non-hydrogen) atoms. The van der Waals surface area contributed by atoms with E-state index in [9.17, 15) is 0 Å². The Morgan fingerprint density at radius 2 is 1.44 bits per heavy atom. The van der Waals surface area contributed by atoms with Gasteiger partial charge < -0.3 is 0 Å². The van der Waals surface area contributed by atoms with E-state index in [1.807, 2.05) is 30.3 Å². The molecular weight excluding hydrogens is 354 g/mol. The largest absolute Gasteiger partial charge is 0.0831 e. The van der Waals surface area contributed by atoms with Crippen LogP contribution in [0, 0.1) is 3.57 Å². The first kappa shape index (κ1) is 12.2. The monoisotopic (exact) mass is 362 g/mol. The molecule has 2 aromatic rings. The predicted molar refractivity (Wildman–Crippen MR) is 78.4 cm³/mol. The second-order valence-electron chi connectivity index (χ2n) is 3.54. The SMILES string of the molecule is Clc1cc(Cc2ccccc2)cc(Cl)c1I. The van der Waals surface area contributed by atoms with Gasteiger partial charge in [-0.15, -0.1) is 0 Å². The van der Waals surface area contributed by atoms with E-state index in [4.69, 9.17) is 23.2 Å². The number of rotatable bonds is 2. The zero-order valence-electron chi connectivity index (χ0n) is 8.38. The predicted octanol–water partition coefficient (Wildman–Crippen LogP) is 5.19. The summed E-state index contributed by atoms with van der Waals surface area (Å²) < 4.78 is 0.915. The van der Waals surface area contributed by atoms with Gasteiger partial charge >= 0.3 is 0 Å². The van der Waals surface area contributed by atoms with Crippen molar-refractivity contribution in [3.63, 3.8) is 0 Å². The Morgan fingerprint density at radius 1 is 0.875 bits per heavy atom. The molecule has 0 atom stereocenters. The van der Waals surface area contributed by atoms with Crippen LogP contribution in [-0.2, 0) is 6.42 Å². The minimum absolute atomic E-state index is 0.721. The summed E-state index contributed by atoms with van der Waals surface area (Å²) in [5.41, 5.74) is 2.40. The van der Waals surface area contributed by atoms with E-state index in [1.165, 1.54) is 5.56 Å². The molecule has 0 aromatic heterocycles. The molecule has 3 heteroatoms. The van der Waals surface area contributed by atoms with E-state index < -0.39 is 0 Å². The molecule has 0 saturated carbocycles. The molecule has 0 bridgehead atoms. The first-order valence-electron chi connectivity index (χ1n) is 4.84. The molecule has 2 rings (SSSR count). The molecule has 0 spiro atoms. The quantitative estimate of drug-likeness (QED) is 0.509. The highest BCUT2D eigenvalue weighted by Gasteiger charge is 2.05. The van der Waals surface area contributed by atoms with Crippen LogP contribution < -0.4 is 0 Å². The molecule has 0 fully saturated rings. The van der Waals surface area contributed by atoms with Gasteiger partial charge in [0.2, 0.25) is 0 Å². The summed E-state index contributed by atoms with van der Waals surface area (Å²) >= 11 is 14.3. The Labute approximate surface area is 119 Å². The van der Waals surface area contributed by atoms with Gasteiger partial charge in [0.05, 0.1) is 13.6 Å². The van der Waals surface area contributed by atoms with Crippen LogP contribution in [0.25, 0.3) is 0 Å². The van der Waals surface area contributed by atoms with Crippen molar-refractivity contribution < 1.29 is 0 Å². The lowest BCUT2D eigenvalue weighted by Crippen LogP contribution is -1.89. The van der Waals surface area contributed by atoms with Crippen molar-refractivity contribution in [1.82, 2.24) is 0 Å². The highest BCUT2D eigenvalue weighted by atomic mass is 127. The first-order chi connectivity index (χ1) is 7.66. The van der Waals surface area contributed by atoms with Gasteiger partial charge in [-0.1, -0.05) is 53.5 Å². The lowest BCUT2D eigenvalue weighted by Gasteiger charge is -2.05. The fourth-order valence-corrected chi connectivity index (χ4v) is 2.39. The van der Waals surface area contributed by atoms with Crippen LogP contribution in [0.4, 0.5) is 0 Å². The minimum Gasteiger partial charge on any atom is -0.0831 e. The Bertz CT molecular complexity index is 472. The van der Waals surface area contributed by atoms with Gasteiger partial charge in [-0.05, 0) is 52.3 Å². The second-order valence-corrected chi connectivity index (χ2v) is 5.43. The Morgan fingerprint density at radius 3 is 2.00 bits per heavy atom. The molecule has 0 aliphatic carbocycles. The average molecular weight is 363 g/mol. The van der Waals surface area contributed by atoms with Crippen LogP contribution in [0.2, 0.25) is 10.0 Å². The molecule has 0 saturated heterocycles. The molecule has 82 valence electrons. The molecule has 0 N–H and O–H groups in total. The van der Waals surface area contributed by atoms with Crippen LogP contribution in [-0.4, -0.2) is 0 Å². The van der Waals surface area contributed by atoms with Gasteiger partial charge in [-0.2, -0.15) is 0 Å². The fourth-order valence-electron chi connectivity index (χ4n) is 1.54. The van der Waals surface area contributed by atoms with Crippen molar-refractivity contribution in [2.45, 2.75) is 6.42 Å². The van der Waals surface area contributed by atoms with Crippen molar-refractivity contribution in [2.75, 3.05) is 0 Å². The van der Waals surface area contributed by atoms with Crippen LogP contribution in [0.15, 0.2) is 42.5 Å². The van der Waals surface area contributed by atoms with Crippen LogP contribution in [0.3, 0.4) is 0 Å². The lowest BCUT2D eigenvalue weighted by molar-refractivity contribution is 1.19. The summed E-state index contributed by atoms with van der Waals surface area (Å²) in [5, 5.41) is 1.44. The van der Waals surface area contributed by atoms with E-state index in [0.717, 1.165) is 25.6 Å². The summed E-state index contributed by atoms with van der Waals surface area (Å²) in [4.78, 5) is 0. The number of benzene rings is 2. The summed E-state index contributed by atoms with van der Waals surface area (Å²) in [5.74, 6) is 0. The van der Waals surface area contributed by atoms with Crippen molar-refractivity contribution in [3.05, 3.63) is 67.2 Å². The molecule has 0 amide bonds. The third kappa shape index (κ3) is 2.90. The van der Waals surface area contributed by atoms with Crippen LogP contribution >= 0.6 is 45.8 Å². The maximum absolute atomic E-state index is 6.09. The van der Waals surface area contributed by atoms with Crippen molar-refractivity contribution >= 4 is 45.8 Å². The molecular formula is C13H9Cl2I. The van der Waals surface area contributed by atoms with Crippen molar-refractivity contribution in [1.29, 1.82) is 0 Å². The maximum Gasteiger partial charge on any atom is 0.0557 e. The molecule has 0 aliphatic rings. The second kappa shape index (κ2) is 5.39. The molecule has 0 heterocycles. The third-order valence-electron chi connectivity index (χ3n) is 2.29. The zero-order chi connectivity index (χ0) is 11.5. The van der Waals surface area contributed by atoms with Crippen molar-refractivity contribution in [3.8, 4) is 0 Å². The summed E-state index contributed by atoms with van der Waals surface area (Å²) in [6, 6.07) is 14.2. The molecule has 0 radical (unpaired) electrons. The fraction of sp³-hybridized carbons (Fsp3) is 0.0769. The highest BCUT2D eigenvalue weighted by molar-refractivity contribution is 14.1. The molecule has 0 nitrogen and oxygen atoms in total. The van der Waals surface area contributed by atoms with E-state index in [-0.39, 0.29) is 0 Å². The standard InChI is InChI=1S/C13H9Cl2I/c14-11-7-10(8-12(15)13(11)16)6-9-4-2-1-3-5-9/h1-5,7-8H,6H2. The topological polar surface area (TPSA) is 0 Å². The zero-order valence-corrected chi connectivity index (χ0v) is 12.1. The van der Waals surface area contributed by atoms with Gasteiger partial charge in [0.25, 0.3) is 0 Å². The third-order valence-corrected chi connectivity index (χ3v) is 4.69. The number of hydrogen-bond donors (Lipinski definition) is 0. The average Bonchev–Trinajstić information content (AvgIpc) is 2.27. The lowest BCUT2D eigenvalue weighted by atomic mass is 10.1. The highest BCUT2D eigenvalue weighted by Crippen LogP contribution is 2.28. The van der Waals surface area contributed by atoms with Crippen LogP contribution in [0.1, 0.15) is 11.1 Å². The number of hydrogen-bond acceptors (Lipinski definition) is 0. The molecule has 2 aromatic carbocycles. The molecule has 0 unspecified atom stereocenters. The summed E-state index contributed by atoms with van der Waals surface area (Å²) in [6.45, 7) is 0. The van der Waals surface area contributed by atoms with Gasteiger partial charge in [-0.25, -0.2) is 0 Å². The smallest absolute Gasteiger partial charge is 0.0557 e. The summed E-state index contributed by atoms with van der Waals surface area (Å²) in [7, 11) is 0. The van der Waals surface area contributed by atoms with Crippen LogP contribution in [0.5, 0.6) is 0 Å². The Balaban J connectivity index is 2.29. The summed E-state index contributed by atoms with van der Waals surface area (Å²) in [6.07, 6.45) is 0.858. The van der Waals surface area contributed by atoms with E-state index >= 15 is 0 Å². The van der Waals surface area contributed by atoms with E-state index in [2.05, 4.69) is 34.7 Å². The van der Waals surface area contributed by atoms with Crippen molar-refractivity contribution in [2.24, 2.45) is 0 Å². The minimum atomic E-state index is 0.721. The van der Waals surface area contributed by atoms with E-state index in [1.54, 1.807) is 0 Å². The Hall–Kier alpha value is -0.250. The first-order valence-corrected chi connectivity index (χ1v) is 6.67. The number of halogens is 3. The molecule has 0 aliphatic heterocycles. The van der Waals surface area contributed by atoms with Gasteiger partial charge in [0.15, 0.2) is 0 Å².